The van der Waals surface area contributed by atoms with E-state index >= 15 is 0 Å². The lowest BCUT2D eigenvalue weighted by Gasteiger charge is -2.14. The fourth-order valence-corrected chi connectivity index (χ4v) is 2.39. The topological polar surface area (TPSA) is 57.4 Å². The van der Waals surface area contributed by atoms with E-state index in [-0.39, 0.29) is 0 Å². The number of halogens is 1. The zero-order valence-corrected chi connectivity index (χ0v) is 12.8. The van der Waals surface area contributed by atoms with Crippen molar-refractivity contribution >= 4 is 28.2 Å². The van der Waals surface area contributed by atoms with Crippen molar-refractivity contribution in [2.45, 2.75) is 6.61 Å². The van der Waals surface area contributed by atoms with Crippen LogP contribution in [-0.2, 0) is 6.61 Å². The summed E-state index contributed by atoms with van der Waals surface area (Å²) in [5, 5.41) is 1.52. The van der Waals surface area contributed by atoms with Crippen LogP contribution in [0.25, 0.3) is 10.9 Å². The molecule has 0 amide bonds. The second-order valence-electron chi connectivity index (χ2n) is 4.81. The van der Waals surface area contributed by atoms with Crippen molar-refractivity contribution < 1.29 is 9.47 Å². The molecule has 112 valence electrons. The Balaban J connectivity index is 1.98. The van der Waals surface area contributed by atoms with Crippen LogP contribution in [0.3, 0.4) is 0 Å². The Hall–Kier alpha value is -2.46. The summed E-state index contributed by atoms with van der Waals surface area (Å²) in [5.74, 6) is 1.22. The molecule has 0 saturated heterocycles. The summed E-state index contributed by atoms with van der Waals surface area (Å²) in [6, 6.07) is 13.0. The Bertz CT molecular complexity index is 804. The van der Waals surface area contributed by atoms with Crippen molar-refractivity contribution in [3.8, 4) is 11.5 Å². The van der Waals surface area contributed by atoms with Crippen molar-refractivity contribution in [2.24, 2.45) is 0 Å². The molecule has 0 saturated carbocycles. The number of anilines is 1. The first kappa shape index (κ1) is 14.5. The van der Waals surface area contributed by atoms with E-state index in [4.69, 9.17) is 26.8 Å². The van der Waals surface area contributed by atoms with E-state index < -0.39 is 0 Å². The minimum Gasteiger partial charge on any atom is -0.493 e. The quantitative estimate of drug-likeness (QED) is 0.738. The number of benzene rings is 2. The fraction of sp³-hybridized carbons (Fsp3) is 0.118. The molecule has 2 N–H and O–H groups in total. The highest BCUT2D eigenvalue weighted by molar-refractivity contribution is 6.30. The van der Waals surface area contributed by atoms with Crippen LogP contribution in [0.15, 0.2) is 48.7 Å². The average Bonchev–Trinajstić information content (AvgIpc) is 2.55. The zero-order valence-electron chi connectivity index (χ0n) is 12.0. The highest BCUT2D eigenvalue weighted by Gasteiger charge is 2.13. The molecule has 0 aliphatic carbocycles. The molecule has 0 aliphatic rings. The maximum Gasteiger partial charge on any atom is 0.171 e. The van der Waals surface area contributed by atoms with Gasteiger partial charge in [0.1, 0.15) is 6.61 Å². The van der Waals surface area contributed by atoms with Gasteiger partial charge in [-0.2, -0.15) is 0 Å². The molecule has 0 bridgehead atoms. The van der Waals surface area contributed by atoms with Crippen LogP contribution < -0.4 is 15.2 Å². The van der Waals surface area contributed by atoms with E-state index in [9.17, 15) is 0 Å². The Morgan fingerprint density at radius 2 is 1.95 bits per heavy atom. The molecule has 0 aliphatic heterocycles. The first-order valence-electron chi connectivity index (χ1n) is 6.77. The molecule has 1 heterocycles. The molecule has 0 atom stereocenters. The van der Waals surface area contributed by atoms with Gasteiger partial charge in [-0.3, -0.25) is 4.98 Å². The van der Waals surface area contributed by atoms with E-state index in [1.807, 2.05) is 36.4 Å². The average molecular weight is 315 g/mol. The van der Waals surface area contributed by atoms with Crippen molar-refractivity contribution in [2.75, 3.05) is 12.8 Å². The molecule has 3 rings (SSSR count). The van der Waals surface area contributed by atoms with Crippen molar-refractivity contribution in [1.29, 1.82) is 0 Å². The first-order chi connectivity index (χ1) is 10.7. The Kier molecular flexibility index (Phi) is 4.02. The van der Waals surface area contributed by atoms with Gasteiger partial charge >= 0.3 is 0 Å². The van der Waals surface area contributed by atoms with Gasteiger partial charge in [0.25, 0.3) is 0 Å². The van der Waals surface area contributed by atoms with Crippen molar-refractivity contribution in [3.05, 3.63) is 59.2 Å². The van der Waals surface area contributed by atoms with Gasteiger partial charge in [0, 0.05) is 22.7 Å². The van der Waals surface area contributed by atoms with Crippen LogP contribution in [0.4, 0.5) is 5.69 Å². The van der Waals surface area contributed by atoms with Crippen LogP contribution in [-0.4, -0.2) is 12.1 Å². The Labute approximate surface area is 133 Å². The van der Waals surface area contributed by atoms with Crippen LogP contribution in [0, 0.1) is 0 Å². The van der Waals surface area contributed by atoms with E-state index in [1.165, 1.54) is 0 Å². The van der Waals surface area contributed by atoms with Gasteiger partial charge in [-0.05, 0) is 29.8 Å². The van der Waals surface area contributed by atoms with Gasteiger partial charge in [-0.15, -0.1) is 0 Å². The first-order valence-corrected chi connectivity index (χ1v) is 7.15. The van der Waals surface area contributed by atoms with Crippen LogP contribution in [0.5, 0.6) is 11.5 Å². The van der Waals surface area contributed by atoms with E-state index in [2.05, 4.69) is 4.98 Å². The molecule has 22 heavy (non-hydrogen) atoms. The summed E-state index contributed by atoms with van der Waals surface area (Å²) in [6.45, 7) is 0.404. The maximum absolute atomic E-state index is 6.01. The molecular formula is C17H15ClN2O2. The summed E-state index contributed by atoms with van der Waals surface area (Å²) in [4.78, 5) is 4.31. The third-order valence-corrected chi connectivity index (χ3v) is 3.60. The number of pyridine rings is 1. The number of nitrogens with zero attached hydrogens (tertiary/aromatic N) is 1. The van der Waals surface area contributed by atoms with Gasteiger partial charge < -0.3 is 15.2 Å². The van der Waals surface area contributed by atoms with Crippen molar-refractivity contribution in [3.63, 3.8) is 0 Å². The van der Waals surface area contributed by atoms with Gasteiger partial charge in [0.2, 0.25) is 0 Å². The summed E-state index contributed by atoms with van der Waals surface area (Å²) >= 11 is 5.89. The summed E-state index contributed by atoms with van der Waals surface area (Å²) in [6.07, 6.45) is 1.70. The third kappa shape index (κ3) is 2.78. The number of ether oxygens (including phenoxy) is 2. The lowest BCUT2D eigenvalue weighted by atomic mass is 10.1. The predicted molar refractivity (Wildman–Crippen MR) is 88.5 cm³/mol. The number of rotatable bonds is 4. The fourth-order valence-electron chi connectivity index (χ4n) is 2.26. The molecule has 1 aromatic heterocycles. The zero-order chi connectivity index (χ0) is 15.5. The standard InChI is InChI=1S/C17H15ClN2O2/c1-21-15-9-14(19)16-13(3-2-8-20-16)17(15)22-10-11-4-6-12(18)7-5-11/h2-9H,10,19H2,1H3. The molecular weight excluding hydrogens is 300 g/mol. The Morgan fingerprint density at radius 1 is 1.18 bits per heavy atom. The SMILES string of the molecule is COc1cc(N)c2ncccc2c1OCc1ccc(Cl)cc1. The van der Waals surface area contributed by atoms with Gasteiger partial charge in [0.15, 0.2) is 11.5 Å². The lowest BCUT2D eigenvalue weighted by Crippen LogP contribution is -2.00. The van der Waals surface area contributed by atoms with Crippen LogP contribution >= 0.6 is 11.6 Å². The molecule has 0 radical (unpaired) electrons. The number of fused-ring (bicyclic) bond motifs is 1. The van der Waals surface area contributed by atoms with E-state index in [1.54, 1.807) is 19.4 Å². The van der Waals surface area contributed by atoms with E-state index in [0.29, 0.717) is 34.3 Å². The minimum atomic E-state index is 0.404. The number of methoxy groups -OCH3 is 1. The molecule has 0 unspecified atom stereocenters. The number of aromatic nitrogens is 1. The van der Waals surface area contributed by atoms with Crippen molar-refractivity contribution in [1.82, 2.24) is 4.98 Å². The summed E-state index contributed by atoms with van der Waals surface area (Å²) in [5.41, 5.74) is 8.29. The Morgan fingerprint density at radius 3 is 2.68 bits per heavy atom. The second kappa shape index (κ2) is 6.12. The van der Waals surface area contributed by atoms with E-state index in [0.717, 1.165) is 10.9 Å². The number of hydrogen-bond donors (Lipinski definition) is 1. The maximum atomic E-state index is 6.01. The van der Waals surface area contributed by atoms with Gasteiger partial charge in [-0.25, -0.2) is 0 Å². The number of nitrogen functional groups attached to an aromatic ring is 1. The number of hydrogen-bond acceptors (Lipinski definition) is 4. The number of nitrogens with two attached hydrogens (primary N) is 1. The summed E-state index contributed by atoms with van der Waals surface area (Å²) < 4.78 is 11.3. The van der Waals surface area contributed by atoms with Crippen LogP contribution in [0.2, 0.25) is 5.02 Å². The minimum absolute atomic E-state index is 0.404. The molecule has 0 fully saturated rings. The highest BCUT2D eigenvalue weighted by Crippen LogP contribution is 2.38. The lowest BCUT2D eigenvalue weighted by molar-refractivity contribution is 0.288. The molecule has 2 aromatic carbocycles. The predicted octanol–water partition coefficient (Wildman–Crippen LogP) is 4.06. The van der Waals surface area contributed by atoms with Gasteiger partial charge in [0.05, 0.1) is 18.3 Å². The third-order valence-electron chi connectivity index (χ3n) is 3.35. The molecule has 3 aromatic rings. The normalized spacial score (nSPS) is 10.6. The molecule has 5 heteroatoms. The van der Waals surface area contributed by atoms with Gasteiger partial charge in [-0.1, -0.05) is 23.7 Å². The molecule has 4 nitrogen and oxygen atoms in total. The van der Waals surface area contributed by atoms with Crippen LogP contribution in [0.1, 0.15) is 5.56 Å². The largest absolute Gasteiger partial charge is 0.493 e. The summed E-state index contributed by atoms with van der Waals surface area (Å²) in [7, 11) is 1.59. The smallest absolute Gasteiger partial charge is 0.171 e. The second-order valence-corrected chi connectivity index (χ2v) is 5.25. The molecule has 0 spiro atoms. The highest BCUT2D eigenvalue weighted by atomic mass is 35.5. The monoisotopic (exact) mass is 314 g/mol.